The molecule has 5 rings (SSSR count). The fourth-order valence-electron chi connectivity index (χ4n) is 5.57. The van der Waals surface area contributed by atoms with Crippen LogP contribution in [-0.4, -0.2) is 63.3 Å². The zero-order valence-electron chi connectivity index (χ0n) is 25.4. The zero-order chi connectivity index (χ0) is 31.5. The number of rotatable bonds is 11. The Balaban J connectivity index is 0.000000221. The lowest BCUT2D eigenvalue weighted by Gasteiger charge is -2.43. The molecule has 1 saturated heterocycles. The number of fused-ring (bicyclic) bond motifs is 3. The SMILES string of the molecule is CC(=O)OCC1O[C@H](OCCCN)C(OC(=O)c2ccccc2)[C@@H](C)[C@@H]1C.O=COCC1c2ccccc2-c2ccccc21. The molecule has 0 aromatic heterocycles. The maximum absolute atomic E-state index is 12.5. The van der Waals surface area contributed by atoms with Crippen molar-refractivity contribution >= 4 is 18.4 Å². The van der Waals surface area contributed by atoms with Gasteiger partial charge in [0.15, 0.2) is 12.4 Å². The largest absolute Gasteiger partial charge is 0.467 e. The molecule has 2 N–H and O–H groups in total. The molecule has 1 heterocycles. The van der Waals surface area contributed by atoms with Crippen LogP contribution in [0.3, 0.4) is 0 Å². The van der Waals surface area contributed by atoms with E-state index >= 15 is 0 Å². The fourth-order valence-corrected chi connectivity index (χ4v) is 5.57. The minimum atomic E-state index is -0.740. The maximum Gasteiger partial charge on any atom is 0.338 e. The summed E-state index contributed by atoms with van der Waals surface area (Å²) in [5, 5.41) is 0. The molecular formula is C35H41NO8. The van der Waals surface area contributed by atoms with Crippen LogP contribution in [0.1, 0.15) is 54.6 Å². The molecule has 3 aromatic rings. The summed E-state index contributed by atoms with van der Waals surface area (Å²) in [6, 6.07) is 25.4. The van der Waals surface area contributed by atoms with Gasteiger partial charge in [-0.15, -0.1) is 0 Å². The van der Waals surface area contributed by atoms with Crippen molar-refractivity contribution in [2.75, 3.05) is 26.4 Å². The molecule has 9 heteroatoms. The van der Waals surface area contributed by atoms with E-state index in [4.69, 9.17) is 29.4 Å². The van der Waals surface area contributed by atoms with E-state index in [1.54, 1.807) is 24.3 Å². The van der Waals surface area contributed by atoms with Gasteiger partial charge in [-0.3, -0.25) is 9.59 Å². The van der Waals surface area contributed by atoms with Crippen molar-refractivity contribution in [3.8, 4) is 11.1 Å². The minimum Gasteiger partial charge on any atom is -0.467 e. The van der Waals surface area contributed by atoms with Gasteiger partial charge in [0, 0.05) is 18.8 Å². The Morgan fingerprint density at radius 3 is 2.07 bits per heavy atom. The molecule has 0 bridgehead atoms. The maximum atomic E-state index is 12.5. The van der Waals surface area contributed by atoms with Gasteiger partial charge in [-0.1, -0.05) is 80.6 Å². The van der Waals surface area contributed by atoms with E-state index in [0.717, 1.165) is 0 Å². The van der Waals surface area contributed by atoms with Gasteiger partial charge in [0.1, 0.15) is 13.2 Å². The third kappa shape index (κ3) is 8.11. The van der Waals surface area contributed by atoms with Crippen LogP contribution in [0.5, 0.6) is 0 Å². The second-order valence-corrected chi connectivity index (χ2v) is 11.0. The quantitative estimate of drug-likeness (QED) is 0.138. The smallest absolute Gasteiger partial charge is 0.338 e. The Kier molecular flexibility index (Phi) is 12.1. The van der Waals surface area contributed by atoms with Crippen LogP contribution < -0.4 is 5.73 Å². The Hall–Kier alpha value is -4.05. The monoisotopic (exact) mass is 603 g/mol. The lowest BCUT2D eigenvalue weighted by molar-refractivity contribution is -0.275. The van der Waals surface area contributed by atoms with E-state index in [1.165, 1.54) is 29.2 Å². The molecule has 2 unspecified atom stereocenters. The molecule has 0 saturated carbocycles. The molecule has 9 nitrogen and oxygen atoms in total. The van der Waals surface area contributed by atoms with Crippen molar-refractivity contribution in [1.82, 2.24) is 0 Å². The summed E-state index contributed by atoms with van der Waals surface area (Å²) >= 11 is 0. The third-order valence-electron chi connectivity index (χ3n) is 8.14. The number of benzene rings is 3. The van der Waals surface area contributed by atoms with Crippen LogP contribution in [0.15, 0.2) is 78.9 Å². The van der Waals surface area contributed by atoms with Crippen LogP contribution in [0.4, 0.5) is 0 Å². The summed E-state index contributed by atoms with van der Waals surface area (Å²) in [7, 11) is 0. The van der Waals surface area contributed by atoms with Gasteiger partial charge in [-0.2, -0.15) is 0 Å². The van der Waals surface area contributed by atoms with Crippen LogP contribution in [0.25, 0.3) is 11.1 Å². The number of ether oxygens (including phenoxy) is 5. The average Bonchev–Trinajstić information content (AvgIpc) is 3.36. The fraction of sp³-hybridized carbons (Fsp3) is 0.400. The summed E-state index contributed by atoms with van der Waals surface area (Å²) in [6.45, 7) is 7.27. The average molecular weight is 604 g/mol. The van der Waals surface area contributed by atoms with Gasteiger partial charge in [0.05, 0.1) is 18.3 Å². The Morgan fingerprint density at radius 1 is 0.864 bits per heavy atom. The van der Waals surface area contributed by atoms with Crippen LogP contribution in [0.2, 0.25) is 0 Å². The van der Waals surface area contributed by atoms with Crippen molar-refractivity contribution < 1.29 is 38.1 Å². The highest BCUT2D eigenvalue weighted by atomic mass is 16.7. The number of hydrogen-bond acceptors (Lipinski definition) is 9. The standard InChI is InChI=1S/C20H29NO6.C15H12O2/c1-13-14(2)18(27-19(23)16-8-5-4-6-9-16)20(24-11-7-10-21)26-17(13)12-25-15(3)22;16-10-17-9-15-13-7-3-1-5-11(13)12-6-2-4-8-14(12)15/h4-6,8-9,13-14,17-18,20H,7,10-12,21H2,1-3H3;1-8,10,15H,9H2/t13-,14-,17?,18?,20-;/m0./s1. The molecule has 1 aliphatic heterocycles. The predicted octanol–water partition coefficient (Wildman–Crippen LogP) is 5.11. The Morgan fingerprint density at radius 2 is 1.48 bits per heavy atom. The van der Waals surface area contributed by atoms with Gasteiger partial charge in [0.2, 0.25) is 0 Å². The molecule has 3 aromatic carbocycles. The lowest BCUT2D eigenvalue weighted by Crippen LogP contribution is -2.53. The first-order valence-electron chi connectivity index (χ1n) is 15.0. The van der Waals surface area contributed by atoms with E-state index in [2.05, 4.69) is 24.3 Å². The minimum absolute atomic E-state index is 0.00674. The molecule has 234 valence electrons. The summed E-state index contributed by atoms with van der Waals surface area (Å²) in [5.74, 6) is -0.652. The molecule has 0 amide bonds. The van der Waals surface area contributed by atoms with Gasteiger partial charge < -0.3 is 29.4 Å². The summed E-state index contributed by atoms with van der Waals surface area (Å²) in [4.78, 5) is 34.0. The van der Waals surface area contributed by atoms with Crippen LogP contribution >= 0.6 is 0 Å². The van der Waals surface area contributed by atoms with Crippen molar-refractivity contribution in [2.45, 2.75) is 51.6 Å². The van der Waals surface area contributed by atoms with Gasteiger partial charge in [-0.25, -0.2) is 4.79 Å². The second kappa shape index (κ2) is 16.1. The molecule has 0 radical (unpaired) electrons. The van der Waals surface area contributed by atoms with Crippen LogP contribution in [0, 0.1) is 11.8 Å². The van der Waals surface area contributed by atoms with Gasteiger partial charge in [0.25, 0.3) is 6.47 Å². The number of nitrogens with two attached hydrogens (primary N) is 1. The topological polar surface area (TPSA) is 123 Å². The highest BCUT2D eigenvalue weighted by molar-refractivity contribution is 5.89. The van der Waals surface area contributed by atoms with E-state index < -0.39 is 18.4 Å². The summed E-state index contributed by atoms with van der Waals surface area (Å²) < 4.78 is 27.6. The van der Waals surface area contributed by atoms with Gasteiger partial charge in [-0.05, 0) is 53.3 Å². The van der Waals surface area contributed by atoms with Gasteiger partial charge >= 0.3 is 11.9 Å². The van der Waals surface area contributed by atoms with Crippen molar-refractivity contribution in [3.05, 3.63) is 95.6 Å². The summed E-state index contributed by atoms with van der Waals surface area (Å²) in [6.07, 6.45) is -0.980. The molecule has 44 heavy (non-hydrogen) atoms. The first-order valence-corrected chi connectivity index (χ1v) is 15.0. The number of carbonyl (C=O) groups is 3. The normalized spacial score (nSPS) is 22.0. The zero-order valence-corrected chi connectivity index (χ0v) is 25.4. The van der Waals surface area contributed by atoms with Crippen molar-refractivity contribution in [2.24, 2.45) is 17.6 Å². The highest BCUT2D eigenvalue weighted by Crippen LogP contribution is 2.44. The van der Waals surface area contributed by atoms with Crippen molar-refractivity contribution in [1.29, 1.82) is 0 Å². The Bertz CT molecular complexity index is 1330. The van der Waals surface area contributed by atoms with Crippen molar-refractivity contribution in [3.63, 3.8) is 0 Å². The predicted molar refractivity (Wildman–Crippen MR) is 165 cm³/mol. The number of carbonyl (C=O) groups excluding carboxylic acids is 3. The van der Waals surface area contributed by atoms with E-state index in [-0.39, 0.29) is 36.4 Å². The number of esters is 2. The summed E-state index contributed by atoms with van der Waals surface area (Å²) in [5.41, 5.74) is 11.0. The molecule has 1 aliphatic carbocycles. The molecule has 0 spiro atoms. The van der Waals surface area contributed by atoms with E-state index in [1.807, 2.05) is 44.2 Å². The first-order chi connectivity index (χ1) is 21.3. The Labute approximate surface area is 258 Å². The van der Waals surface area contributed by atoms with Crippen LogP contribution in [-0.2, 0) is 33.3 Å². The third-order valence-corrected chi connectivity index (χ3v) is 8.14. The van der Waals surface area contributed by atoms with E-state index in [0.29, 0.717) is 38.2 Å². The second-order valence-electron chi connectivity index (χ2n) is 11.0. The highest BCUT2D eigenvalue weighted by Gasteiger charge is 2.45. The number of hydrogen-bond donors (Lipinski definition) is 1. The molecule has 1 fully saturated rings. The molecular weight excluding hydrogens is 562 g/mol. The van der Waals surface area contributed by atoms with E-state index in [9.17, 15) is 14.4 Å². The lowest BCUT2D eigenvalue weighted by atomic mass is 9.83. The first kappa shape index (κ1) is 32.9. The molecule has 2 aliphatic rings. The molecule has 5 atom stereocenters.